The molecule has 0 spiro atoms. The van der Waals surface area contributed by atoms with Crippen molar-refractivity contribution in [2.45, 2.75) is 25.4 Å². The topological polar surface area (TPSA) is 71.2 Å². The van der Waals surface area contributed by atoms with E-state index in [4.69, 9.17) is 16.7 Å². The monoisotopic (exact) mass is 320 g/mol. The SMILES string of the molecule is O=C(O)c1cccc(CN2CCC[C@H](n3ccnn3)C2)c1Cl. The Kier molecular flexibility index (Phi) is 4.40. The lowest BCUT2D eigenvalue weighted by atomic mass is 10.0. The van der Waals surface area contributed by atoms with Crippen LogP contribution in [0, 0.1) is 0 Å². The highest BCUT2D eigenvalue weighted by Gasteiger charge is 2.23. The van der Waals surface area contributed by atoms with E-state index in [0.717, 1.165) is 31.5 Å². The summed E-state index contributed by atoms with van der Waals surface area (Å²) >= 11 is 6.22. The van der Waals surface area contributed by atoms with E-state index in [1.807, 2.05) is 16.9 Å². The van der Waals surface area contributed by atoms with Gasteiger partial charge in [-0.1, -0.05) is 28.9 Å². The molecule has 0 unspecified atom stereocenters. The Balaban J connectivity index is 1.73. The number of aromatic carboxylic acids is 1. The number of halogens is 1. The molecule has 2 aromatic rings. The molecule has 116 valence electrons. The van der Waals surface area contributed by atoms with Gasteiger partial charge in [0, 0.05) is 19.3 Å². The molecular weight excluding hydrogens is 304 g/mol. The van der Waals surface area contributed by atoms with Crippen LogP contribution in [0.5, 0.6) is 0 Å². The minimum Gasteiger partial charge on any atom is -0.478 e. The van der Waals surface area contributed by atoms with Crippen molar-refractivity contribution in [3.63, 3.8) is 0 Å². The van der Waals surface area contributed by atoms with E-state index in [0.29, 0.717) is 17.6 Å². The molecule has 0 saturated carbocycles. The van der Waals surface area contributed by atoms with Gasteiger partial charge in [-0.15, -0.1) is 5.10 Å². The number of hydrogen-bond acceptors (Lipinski definition) is 4. The zero-order valence-corrected chi connectivity index (χ0v) is 12.8. The molecule has 7 heteroatoms. The number of piperidine rings is 1. The van der Waals surface area contributed by atoms with Crippen molar-refractivity contribution in [3.8, 4) is 0 Å². The Hall–Kier alpha value is -1.92. The van der Waals surface area contributed by atoms with Gasteiger partial charge in [0.2, 0.25) is 0 Å². The Morgan fingerprint density at radius 3 is 3.05 bits per heavy atom. The van der Waals surface area contributed by atoms with Crippen LogP contribution in [0.4, 0.5) is 0 Å². The van der Waals surface area contributed by atoms with Crippen molar-refractivity contribution in [2.75, 3.05) is 13.1 Å². The van der Waals surface area contributed by atoms with Crippen molar-refractivity contribution >= 4 is 17.6 Å². The van der Waals surface area contributed by atoms with Crippen LogP contribution in [0.25, 0.3) is 0 Å². The normalized spacial score (nSPS) is 19.2. The first kappa shape index (κ1) is 15.0. The van der Waals surface area contributed by atoms with Crippen LogP contribution in [-0.4, -0.2) is 44.1 Å². The fourth-order valence-electron chi connectivity index (χ4n) is 2.91. The lowest BCUT2D eigenvalue weighted by Gasteiger charge is -2.32. The molecule has 1 N–H and O–H groups in total. The van der Waals surface area contributed by atoms with Gasteiger partial charge >= 0.3 is 5.97 Å². The zero-order valence-electron chi connectivity index (χ0n) is 12.0. The van der Waals surface area contributed by atoms with Crippen molar-refractivity contribution < 1.29 is 9.90 Å². The van der Waals surface area contributed by atoms with E-state index in [2.05, 4.69) is 15.2 Å². The molecule has 1 saturated heterocycles. The first-order valence-corrected chi connectivity index (χ1v) is 7.62. The summed E-state index contributed by atoms with van der Waals surface area (Å²) in [5.41, 5.74) is 1.00. The van der Waals surface area contributed by atoms with E-state index < -0.39 is 5.97 Å². The predicted octanol–water partition coefficient (Wildman–Crippen LogP) is 2.47. The Bertz CT molecular complexity index is 660. The smallest absolute Gasteiger partial charge is 0.337 e. The summed E-state index contributed by atoms with van der Waals surface area (Å²) in [5, 5.41) is 17.4. The third-order valence-electron chi connectivity index (χ3n) is 4.00. The number of rotatable bonds is 4. The number of carbonyl (C=O) groups is 1. The van der Waals surface area contributed by atoms with Crippen LogP contribution in [0.3, 0.4) is 0 Å². The predicted molar refractivity (Wildman–Crippen MR) is 82.0 cm³/mol. The highest BCUT2D eigenvalue weighted by molar-refractivity contribution is 6.34. The molecule has 1 aliphatic rings. The number of likely N-dealkylation sites (tertiary alicyclic amines) is 1. The van der Waals surface area contributed by atoms with E-state index in [1.54, 1.807) is 12.3 Å². The molecule has 1 aromatic heterocycles. The van der Waals surface area contributed by atoms with Gasteiger partial charge < -0.3 is 5.11 Å². The Labute approximate surface area is 133 Å². The summed E-state index contributed by atoms with van der Waals surface area (Å²) in [6.07, 6.45) is 5.71. The number of nitrogens with zero attached hydrogens (tertiary/aromatic N) is 4. The largest absolute Gasteiger partial charge is 0.478 e. The molecule has 0 bridgehead atoms. The molecule has 0 radical (unpaired) electrons. The highest BCUT2D eigenvalue weighted by atomic mass is 35.5. The minimum absolute atomic E-state index is 0.156. The fourth-order valence-corrected chi connectivity index (χ4v) is 3.18. The highest BCUT2D eigenvalue weighted by Crippen LogP contribution is 2.26. The number of carboxylic acid groups (broad SMARTS) is 1. The van der Waals surface area contributed by atoms with Crippen LogP contribution in [0.15, 0.2) is 30.6 Å². The van der Waals surface area contributed by atoms with Crippen molar-refractivity contribution in [1.82, 2.24) is 19.9 Å². The second kappa shape index (κ2) is 6.46. The third-order valence-corrected chi connectivity index (χ3v) is 4.45. The Morgan fingerprint density at radius 2 is 2.32 bits per heavy atom. The van der Waals surface area contributed by atoms with Gasteiger partial charge in [-0.3, -0.25) is 4.90 Å². The van der Waals surface area contributed by atoms with Gasteiger partial charge in [0.05, 0.1) is 22.8 Å². The van der Waals surface area contributed by atoms with Gasteiger partial charge in [-0.2, -0.15) is 0 Å². The van der Waals surface area contributed by atoms with Crippen LogP contribution in [0.1, 0.15) is 34.8 Å². The maximum absolute atomic E-state index is 11.2. The standard InChI is InChI=1S/C15H17ClN4O2/c16-14-11(3-1-5-13(14)15(21)22)9-19-7-2-4-12(10-19)20-8-6-17-18-20/h1,3,5-6,8,12H,2,4,7,9-10H2,(H,21,22)/t12-/m0/s1. The van der Waals surface area contributed by atoms with Gasteiger partial charge in [0.15, 0.2) is 0 Å². The number of benzene rings is 1. The van der Waals surface area contributed by atoms with E-state index in [-0.39, 0.29) is 5.56 Å². The second-order valence-corrected chi connectivity index (χ2v) is 5.88. The fraction of sp³-hybridized carbons (Fsp3) is 0.400. The second-order valence-electron chi connectivity index (χ2n) is 5.50. The summed E-state index contributed by atoms with van der Waals surface area (Å²) < 4.78 is 1.89. The van der Waals surface area contributed by atoms with Crippen molar-refractivity contribution in [3.05, 3.63) is 46.7 Å². The van der Waals surface area contributed by atoms with Crippen LogP contribution < -0.4 is 0 Å². The van der Waals surface area contributed by atoms with Crippen LogP contribution in [0.2, 0.25) is 5.02 Å². The summed E-state index contributed by atoms with van der Waals surface area (Å²) in [6.45, 7) is 2.47. The molecule has 6 nitrogen and oxygen atoms in total. The van der Waals surface area contributed by atoms with Gasteiger partial charge in [0.1, 0.15) is 0 Å². The van der Waals surface area contributed by atoms with Crippen molar-refractivity contribution in [1.29, 1.82) is 0 Å². The molecule has 1 aromatic carbocycles. The first-order valence-electron chi connectivity index (χ1n) is 7.24. The lowest BCUT2D eigenvalue weighted by Crippen LogP contribution is -2.36. The van der Waals surface area contributed by atoms with Crippen LogP contribution >= 0.6 is 11.6 Å². The minimum atomic E-state index is -0.994. The quantitative estimate of drug-likeness (QED) is 0.937. The van der Waals surface area contributed by atoms with E-state index >= 15 is 0 Å². The first-order chi connectivity index (χ1) is 10.6. The van der Waals surface area contributed by atoms with Gasteiger partial charge in [-0.25, -0.2) is 9.48 Å². The molecule has 2 heterocycles. The summed E-state index contributed by atoms with van der Waals surface area (Å²) in [5.74, 6) is -0.994. The molecule has 0 aliphatic carbocycles. The maximum Gasteiger partial charge on any atom is 0.337 e. The van der Waals surface area contributed by atoms with Gasteiger partial charge in [-0.05, 0) is 31.0 Å². The van der Waals surface area contributed by atoms with Gasteiger partial charge in [0.25, 0.3) is 0 Å². The summed E-state index contributed by atoms with van der Waals surface area (Å²) in [4.78, 5) is 13.4. The average molecular weight is 321 g/mol. The zero-order chi connectivity index (χ0) is 15.5. The van der Waals surface area contributed by atoms with E-state index in [1.165, 1.54) is 6.07 Å². The van der Waals surface area contributed by atoms with Crippen LogP contribution in [-0.2, 0) is 6.54 Å². The molecular formula is C15H17ClN4O2. The average Bonchev–Trinajstić information content (AvgIpc) is 3.04. The third kappa shape index (κ3) is 3.13. The number of aromatic nitrogens is 3. The Morgan fingerprint density at radius 1 is 1.45 bits per heavy atom. The summed E-state index contributed by atoms with van der Waals surface area (Å²) in [7, 11) is 0. The molecule has 0 amide bonds. The number of hydrogen-bond donors (Lipinski definition) is 1. The molecule has 1 fully saturated rings. The lowest BCUT2D eigenvalue weighted by molar-refractivity contribution is 0.0696. The molecule has 22 heavy (non-hydrogen) atoms. The maximum atomic E-state index is 11.2. The van der Waals surface area contributed by atoms with Crippen molar-refractivity contribution in [2.24, 2.45) is 0 Å². The molecule has 1 atom stereocenters. The molecule has 3 rings (SSSR count). The summed E-state index contributed by atoms with van der Waals surface area (Å²) in [6, 6.07) is 5.46. The number of carboxylic acids is 1. The van der Waals surface area contributed by atoms with E-state index in [9.17, 15) is 4.79 Å². The molecule has 1 aliphatic heterocycles.